The first-order valence-electron chi connectivity index (χ1n) is 6.96. The van der Waals surface area contributed by atoms with Crippen molar-refractivity contribution in [3.63, 3.8) is 0 Å². The van der Waals surface area contributed by atoms with E-state index in [2.05, 4.69) is 6.58 Å². The summed E-state index contributed by atoms with van der Waals surface area (Å²) in [6, 6.07) is 13.0. The van der Waals surface area contributed by atoms with Gasteiger partial charge in [0, 0.05) is 5.57 Å². The van der Waals surface area contributed by atoms with Crippen molar-refractivity contribution < 1.29 is 18.7 Å². The minimum Gasteiger partial charge on any atom is -0.485 e. The van der Waals surface area contributed by atoms with E-state index in [1.165, 1.54) is 12.1 Å². The Labute approximate surface area is 129 Å². The summed E-state index contributed by atoms with van der Waals surface area (Å²) in [6.07, 6.45) is 0.519. The molecule has 0 spiro atoms. The lowest BCUT2D eigenvalue weighted by Crippen LogP contribution is -2.10. The zero-order valence-electron chi connectivity index (χ0n) is 12.3. The van der Waals surface area contributed by atoms with Crippen LogP contribution in [0, 0.1) is 5.82 Å². The van der Waals surface area contributed by atoms with Crippen molar-refractivity contribution in [2.45, 2.75) is 20.0 Å². The van der Waals surface area contributed by atoms with Gasteiger partial charge >= 0.3 is 5.97 Å². The summed E-state index contributed by atoms with van der Waals surface area (Å²) in [5.74, 6) is -0.0631. The maximum absolute atomic E-state index is 13.1. The SMILES string of the molecule is C=C(CC)C(=O)Oc1ccccc1OCc1cccc(F)c1. The largest absolute Gasteiger partial charge is 0.485 e. The number of benzene rings is 2. The Bertz CT molecular complexity index is 680. The van der Waals surface area contributed by atoms with Crippen molar-refractivity contribution in [1.29, 1.82) is 0 Å². The molecule has 0 saturated heterocycles. The zero-order valence-corrected chi connectivity index (χ0v) is 12.3. The first kappa shape index (κ1) is 15.8. The lowest BCUT2D eigenvalue weighted by Gasteiger charge is -2.12. The van der Waals surface area contributed by atoms with E-state index < -0.39 is 5.97 Å². The third-order valence-corrected chi connectivity index (χ3v) is 3.05. The fraction of sp³-hybridized carbons (Fsp3) is 0.167. The van der Waals surface area contributed by atoms with Gasteiger partial charge in [-0.2, -0.15) is 0 Å². The predicted molar refractivity (Wildman–Crippen MR) is 82.2 cm³/mol. The first-order chi connectivity index (χ1) is 10.6. The molecule has 0 radical (unpaired) electrons. The average Bonchev–Trinajstić information content (AvgIpc) is 2.53. The molecule has 3 nitrogen and oxygen atoms in total. The second kappa shape index (κ2) is 7.41. The van der Waals surface area contributed by atoms with Crippen molar-refractivity contribution in [2.24, 2.45) is 0 Å². The van der Waals surface area contributed by atoms with Crippen molar-refractivity contribution in [3.8, 4) is 11.5 Å². The normalized spacial score (nSPS) is 10.1. The van der Waals surface area contributed by atoms with Crippen LogP contribution in [0.3, 0.4) is 0 Å². The summed E-state index contributed by atoms with van der Waals surface area (Å²) in [4.78, 5) is 11.8. The Hall–Kier alpha value is -2.62. The van der Waals surface area contributed by atoms with E-state index in [1.807, 2.05) is 6.92 Å². The van der Waals surface area contributed by atoms with Crippen molar-refractivity contribution >= 4 is 5.97 Å². The van der Waals surface area contributed by atoms with Gasteiger partial charge in [-0.25, -0.2) is 9.18 Å². The van der Waals surface area contributed by atoms with Crippen LogP contribution in [0.5, 0.6) is 11.5 Å². The lowest BCUT2D eigenvalue weighted by atomic mass is 10.2. The monoisotopic (exact) mass is 300 g/mol. The standard InChI is InChI=1S/C18H17FO3/c1-3-13(2)18(20)22-17-10-5-4-9-16(17)21-12-14-7-6-8-15(19)11-14/h4-11H,2-3,12H2,1H3. The highest BCUT2D eigenvalue weighted by Gasteiger charge is 2.12. The second-order valence-corrected chi connectivity index (χ2v) is 4.71. The average molecular weight is 300 g/mol. The van der Waals surface area contributed by atoms with E-state index in [0.29, 0.717) is 29.1 Å². The molecule has 0 aliphatic heterocycles. The van der Waals surface area contributed by atoms with Crippen molar-refractivity contribution in [3.05, 3.63) is 72.1 Å². The fourth-order valence-electron chi connectivity index (χ4n) is 1.76. The van der Waals surface area contributed by atoms with Crippen LogP contribution in [-0.4, -0.2) is 5.97 Å². The van der Waals surface area contributed by atoms with E-state index in [-0.39, 0.29) is 12.4 Å². The summed E-state index contributed by atoms with van der Waals surface area (Å²) in [6.45, 7) is 5.66. The molecule has 0 aliphatic rings. The summed E-state index contributed by atoms with van der Waals surface area (Å²) in [7, 11) is 0. The molecule has 0 atom stereocenters. The minimum absolute atomic E-state index is 0.182. The number of carbonyl (C=O) groups excluding carboxylic acids is 1. The van der Waals surface area contributed by atoms with Crippen LogP contribution in [-0.2, 0) is 11.4 Å². The Morgan fingerprint density at radius 2 is 1.86 bits per heavy atom. The van der Waals surface area contributed by atoms with Crippen LogP contribution >= 0.6 is 0 Å². The third kappa shape index (κ3) is 4.19. The van der Waals surface area contributed by atoms with Crippen LogP contribution in [0.2, 0.25) is 0 Å². The number of para-hydroxylation sites is 2. The molecule has 2 aromatic carbocycles. The molecule has 0 N–H and O–H groups in total. The van der Waals surface area contributed by atoms with Gasteiger partial charge in [0.25, 0.3) is 0 Å². The Kier molecular flexibility index (Phi) is 5.31. The van der Waals surface area contributed by atoms with E-state index in [1.54, 1.807) is 36.4 Å². The molecule has 2 aromatic rings. The van der Waals surface area contributed by atoms with Gasteiger partial charge < -0.3 is 9.47 Å². The van der Waals surface area contributed by atoms with Gasteiger partial charge in [-0.05, 0) is 36.2 Å². The van der Waals surface area contributed by atoms with Crippen LogP contribution < -0.4 is 9.47 Å². The van der Waals surface area contributed by atoms with Crippen molar-refractivity contribution in [2.75, 3.05) is 0 Å². The third-order valence-electron chi connectivity index (χ3n) is 3.05. The maximum Gasteiger partial charge on any atom is 0.338 e. The van der Waals surface area contributed by atoms with Gasteiger partial charge in [0.15, 0.2) is 11.5 Å². The molecule has 2 rings (SSSR count). The van der Waals surface area contributed by atoms with Gasteiger partial charge in [0.1, 0.15) is 12.4 Å². The molecule has 114 valence electrons. The Morgan fingerprint density at radius 1 is 1.14 bits per heavy atom. The summed E-state index contributed by atoms with van der Waals surface area (Å²) < 4.78 is 24.0. The first-order valence-corrected chi connectivity index (χ1v) is 6.96. The lowest BCUT2D eigenvalue weighted by molar-refractivity contribution is -0.130. The van der Waals surface area contributed by atoms with Gasteiger partial charge in [-0.15, -0.1) is 0 Å². The quantitative estimate of drug-likeness (QED) is 0.454. The van der Waals surface area contributed by atoms with Gasteiger partial charge in [-0.1, -0.05) is 37.8 Å². The van der Waals surface area contributed by atoms with Crippen molar-refractivity contribution in [1.82, 2.24) is 0 Å². The molecule has 0 aliphatic carbocycles. The minimum atomic E-state index is -0.482. The molecule has 0 amide bonds. The maximum atomic E-state index is 13.1. The number of esters is 1. The molecule has 4 heteroatoms. The van der Waals surface area contributed by atoms with E-state index in [9.17, 15) is 9.18 Å². The molecule has 0 saturated carbocycles. The summed E-state index contributed by atoms with van der Waals surface area (Å²) >= 11 is 0. The molecule has 0 fully saturated rings. The predicted octanol–water partition coefficient (Wildman–Crippen LogP) is 4.28. The molecule has 0 unspecified atom stereocenters. The molecule has 22 heavy (non-hydrogen) atoms. The molecular weight excluding hydrogens is 283 g/mol. The number of halogens is 1. The zero-order chi connectivity index (χ0) is 15.9. The molecular formula is C18H17FO3. The van der Waals surface area contributed by atoms with E-state index in [4.69, 9.17) is 9.47 Å². The number of carbonyl (C=O) groups is 1. The highest BCUT2D eigenvalue weighted by atomic mass is 19.1. The Morgan fingerprint density at radius 3 is 2.55 bits per heavy atom. The molecule has 0 heterocycles. The van der Waals surface area contributed by atoms with Crippen LogP contribution in [0.1, 0.15) is 18.9 Å². The van der Waals surface area contributed by atoms with E-state index in [0.717, 1.165) is 0 Å². The number of hydrogen-bond donors (Lipinski definition) is 0. The number of ether oxygens (including phenoxy) is 2. The Balaban J connectivity index is 2.08. The number of rotatable bonds is 6. The van der Waals surface area contributed by atoms with E-state index >= 15 is 0 Å². The van der Waals surface area contributed by atoms with Crippen LogP contribution in [0.15, 0.2) is 60.7 Å². The van der Waals surface area contributed by atoms with Gasteiger partial charge in [-0.3, -0.25) is 0 Å². The topological polar surface area (TPSA) is 35.5 Å². The second-order valence-electron chi connectivity index (χ2n) is 4.71. The smallest absolute Gasteiger partial charge is 0.338 e. The molecule has 0 bridgehead atoms. The highest BCUT2D eigenvalue weighted by Crippen LogP contribution is 2.28. The summed E-state index contributed by atoms with van der Waals surface area (Å²) in [5.41, 5.74) is 1.08. The summed E-state index contributed by atoms with van der Waals surface area (Å²) in [5, 5.41) is 0. The fourth-order valence-corrected chi connectivity index (χ4v) is 1.76. The van der Waals surface area contributed by atoms with Crippen LogP contribution in [0.4, 0.5) is 4.39 Å². The van der Waals surface area contributed by atoms with Gasteiger partial charge in [0.2, 0.25) is 0 Å². The van der Waals surface area contributed by atoms with Gasteiger partial charge in [0.05, 0.1) is 0 Å². The van der Waals surface area contributed by atoms with Crippen LogP contribution in [0.25, 0.3) is 0 Å². The number of hydrogen-bond acceptors (Lipinski definition) is 3. The highest BCUT2D eigenvalue weighted by molar-refractivity contribution is 5.89. The molecule has 0 aromatic heterocycles.